The highest BCUT2D eigenvalue weighted by Gasteiger charge is 2.24. The number of aryl methyl sites for hydroxylation is 1. The molecule has 1 saturated heterocycles. The molecule has 2 unspecified atom stereocenters. The lowest BCUT2D eigenvalue weighted by Gasteiger charge is -2.37. The topological polar surface area (TPSA) is 72.3 Å². The Morgan fingerprint density at radius 1 is 1.31 bits per heavy atom. The summed E-state index contributed by atoms with van der Waals surface area (Å²) in [5.41, 5.74) is 2.04. The van der Waals surface area contributed by atoms with Gasteiger partial charge >= 0.3 is 0 Å². The van der Waals surface area contributed by atoms with Crippen LogP contribution >= 0.6 is 11.3 Å². The summed E-state index contributed by atoms with van der Waals surface area (Å²) in [5.74, 6) is -0.754. The summed E-state index contributed by atoms with van der Waals surface area (Å²) < 4.78 is 22.1. The molecule has 1 aliphatic heterocycles. The first-order valence-electron chi connectivity index (χ1n) is 9.35. The molecule has 3 aromatic rings. The molecular formula is C20H22FN5O2S. The Morgan fingerprint density at radius 3 is 2.72 bits per heavy atom. The van der Waals surface area contributed by atoms with Gasteiger partial charge in [-0.3, -0.25) is 9.48 Å². The van der Waals surface area contributed by atoms with Crippen molar-refractivity contribution in [1.29, 1.82) is 0 Å². The van der Waals surface area contributed by atoms with Crippen molar-refractivity contribution in [2.45, 2.75) is 26.1 Å². The van der Waals surface area contributed by atoms with Gasteiger partial charge in [0.1, 0.15) is 16.5 Å². The lowest BCUT2D eigenvalue weighted by Crippen LogP contribution is -2.45. The molecule has 1 aliphatic rings. The Labute approximate surface area is 172 Å². The van der Waals surface area contributed by atoms with Gasteiger partial charge in [0, 0.05) is 43.0 Å². The minimum absolute atomic E-state index is 0.0382. The summed E-state index contributed by atoms with van der Waals surface area (Å²) in [6.45, 7) is 5.21. The third-order valence-corrected chi connectivity index (χ3v) is 5.55. The van der Waals surface area contributed by atoms with E-state index in [0.717, 1.165) is 5.56 Å². The molecule has 9 heteroatoms. The number of benzene rings is 1. The summed E-state index contributed by atoms with van der Waals surface area (Å²) in [7, 11) is 1.82. The number of nitrogens with zero attached hydrogens (tertiary/aromatic N) is 4. The maximum absolute atomic E-state index is 14.7. The molecule has 4 rings (SSSR count). The van der Waals surface area contributed by atoms with Crippen LogP contribution in [0, 0.1) is 5.82 Å². The van der Waals surface area contributed by atoms with Crippen molar-refractivity contribution in [1.82, 2.24) is 14.8 Å². The zero-order valence-electron chi connectivity index (χ0n) is 16.4. The number of aromatic nitrogens is 3. The molecular weight excluding hydrogens is 393 g/mol. The smallest absolute Gasteiger partial charge is 0.275 e. The molecule has 0 bridgehead atoms. The Hall–Kier alpha value is -2.78. The molecule has 1 N–H and O–H groups in total. The summed E-state index contributed by atoms with van der Waals surface area (Å²) >= 11 is 1.36. The van der Waals surface area contributed by atoms with Crippen LogP contribution in [0.3, 0.4) is 0 Å². The molecule has 3 heterocycles. The second kappa shape index (κ2) is 7.92. The van der Waals surface area contributed by atoms with Crippen molar-refractivity contribution >= 4 is 28.6 Å². The highest BCUT2D eigenvalue weighted by Crippen LogP contribution is 2.27. The molecule has 7 nitrogen and oxygen atoms in total. The highest BCUT2D eigenvalue weighted by molar-refractivity contribution is 7.13. The van der Waals surface area contributed by atoms with Crippen LogP contribution in [0.4, 0.5) is 15.8 Å². The van der Waals surface area contributed by atoms with E-state index in [1.807, 2.05) is 32.0 Å². The van der Waals surface area contributed by atoms with Gasteiger partial charge in [0.15, 0.2) is 0 Å². The lowest BCUT2D eigenvalue weighted by molar-refractivity contribution is -0.00539. The fraction of sp³-hybridized carbons (Fsp3) is 0.350. The fourth-order valence-corrected chi connectivity index (χ4v) is 4.23. The van der Waals surface area contributed by atoms with Crippen molar-refractivity contribution in [3.63, 3.8) is 0 Å². The molecule has 0 spiro atoms. The number of carbonyl (C=O) groups is 1. The Kier molecular flexibility index (Phi) is 5.33. The first kappa shape index (κ1) is 19.5. The average molecular weight is 415 g/mol. The van der Waals surface area contributed by atoms with Gasteiger partial charge in [-0.1, -0.05) is 0 Å². The Balaban J connectivity index is 1.46. The van der Waals surface area contributed by atoms with Gasteiger partial charge in [-0.15, -0.1) is 11.3 Å². The Morgan fingerprint density at radius 2 is 2.07 bits per heavy atom. The van der Waals surface area contributed by atoms with E-state index in [-0.39, 0.29) is 29.6 Å². The van der Waals surface area contributed by atoms with E-state index in [4.69, 9.17) is 4.74 Å². The second-order valence-electron chi connectivity index (χ2n) is 7.22. The molecule has 1 aromatic carbocycles. The minimum Gasteiger partial charge on any atom is -0.372 e. The van der Waals surface area contributed by atoms with Crippen LogP contribution < -0.4 is 10.2 Å². The van der Waals surface area contributed by atoms with Crippen LogP contribution in [0.15, 0.2) is 36.0 Å². The van der Waals surface area contributed by atoms with E-state index < -0.39 is 0 Å². The summed E-state index contributed by atoms with van der Waals surface area (Å²) in [6, 6.07) is 4.74. The first-order valence-corrected chi connectivity index (χ1v) is 10.2. The second-order valence-corrected chi connectivity index (χ2v) is 8.08. The molecule has 2 aromatic heterocycles. The molecule has 0 radical (unpaired) electrons. The van der Waals surface area contributed by atoms with Gasteiger partial charge < -0.3 is 15.0 Å². The summed E-state index contributed by atoms with van der Waals surface area (Å²) in [5, 5.41) is 9.22. The van der Waals surface area contributed by atoms with E-state index in [1.54, 1.807) is 28.4 Å². The van der Waals surface area contributed by atoms with Crippen LogP contribution in [-0.2, 0) is 11.8 Å². The van der Waals surface area contributed by atoms with Crippen LogP contribution in [0.1, 0.15) is 24.3 Å². The largest absolute Gasteiger partial charge is 0.372 e. The molecule has 1 fully saturated rings. The minimum atomic E-state index is -0.378. The number of carbonyl (C=O) groups excluding carboxylic acids is 1. The molecule has 29 heavy (non-hydrogen) atoms. The van der Waals surface area contributed by atoms with Crippen molar-refractivity contribution in [2.24, 2.45) is 7.05 Å². The number of halogens is 1. The van der Waals surface area contributed by atoms with E-state index in [2.05, 4.69) is 15.4 Å². The monoisotopic (exact) mass is 415 g/mol. The third kappa shape index (κ3) is 4.30. The van der Waals surface area contributed by atoms with Gasteiger partial charge in [0.2, 0.25) is 0 Å². The van der Waals surface area contributed by atoms with Crippen molar-refractivity contribution in [3.05, 3.63) is 47.5 Å². The van der Waals surface area contributed by atoms with Crippen LogP contribution in [0.2, 0.25) is 0 Å². The normalized spacial score (nSPS) is 19.4. The quantitative estimate of drug-likeness (QED) is 0.706. The van der Waals surface area contributed by atoms with Crippen LogP contribution in [-0.4, -0.2) is 46.0 Å². The summed E-state index contributed by atoms with van der Waals surface area (Å²) in [6.07, 6.45) is 3.61. The standard InChI is InChI=1S/C20H22FN5O2S/c1-12-8-26(9-13(2)28-12)18-5-4-15(6-16(18)21)23-19(27)17-11-29-20(24-17)14-7-22-25(3)10-14/h4-7,10-13H,8-9H2,1-3H3,(H,23,27). The maximum Gasteiger partial charge on any atom is 0.275 e. The fourth-order valence-electron chi connectivity index (χ4n) is 3.45. The SMILES string of the molecule is CC1CN(c2ccc(NC(=O)c3csc(-c4cnn(C)c4)n3)cc2F)CC(C)O1. The number of thiazole rings is 1. The number of morpholine rings is 1. The number of nitrogens with one attached hydrogen (secondary N) is 1. The molecule has 0 saturated carbocycles. The zero-order chi connectivity index (χ0) is 20.5. The maximum atomic E-state index is 14.7. The number of rotatable bonds is 4. The van der Waals surface area contributed by atoms with Gasteiger partial charge in [-0.25, -0.2) is 9.37 Å². The zero-order valence-corrected chi connectivity index (χ0v) is 17.2. The molecule has 1 amide bonds. The van der Waals surface area contributed by atoms with E-state index in [0.29, 0.717) is 29.5 Å². The van der Waals surface area contributed by atoms with E-state index in [9.17, 15) is 9.18 Å². The predicted octanol–water partition coefficient (Wildman–Crippen LogP) is 3.55. The number of ether oxygens (including phenoxy) is 1. The molecule has 152 valence electrons. The number of amides is 1. The van der Waals surface area contributed by atoms with Crippen molar-refractivity contribution in [3.8, 4) is 10.6 Å². The van der Waals surface area contributed by atoms with Crippen LogP contribution in [0.25, 0.3) is 10.6 Å². The van der Waals surface area contributed by atoms with Gasteiger partial charge in [-0.05, 0) is 32.0 Å². The van der Waals surface area contributed by atoms with Crippen LogP contribution in [0.5, 0.6) is 0 Å². The number of anilines is 2. The van der Waals surface area contributed by atoms with Crippen molar-refractivity contribution in [2.75, 3.05) is 23.3 Å². The first-order chi connectivity index (χ1) is 13.9. The van der Waals surface area contributed by atoms with Gasteiger partial charge in [0.25, 0.3) is 5.91 Å². The average Bonchev–Trinajstić information content (AvgIpc) is 3.30. The third-order valence-electron chi connectivity index (χ3n) is 4.65. The lowest BCUT2D eigenvalue weighted by atomic mass is 10.2. The Bertz CT molecular complexity index is 1020. The van der Waals surface area contributed by atoms with Gasteiger partial charge in [0.05, 0.1) is 24.1 Å². The number of hydrogen-bond donors (Lipinski definition) is 1. The predicted molar refractivity (Wildman–Crippen MR) is 111 cm³/mol. The van der Waals surface area contributed by atoms with E-state index in [1.165, 1.54) is 17.4 Å². The van der Waals surface area contributed by atoms with Crippen molar-refractivity contribution < 1.29 is 13.9 Å². The van der Waals surface area contributed by atoms with Gasteiger partial charge in [-0.2, -0.15) is 5.10 Å². The highest BCUT2D eigenvalue weighted by atomic mass is 32.1. The summed E-state index contributed by atoms with van der Waals surface area (Å²) in [4.78, 5) is 18.8. The number of hydrogen-bond acceptors (Lipinski definition) is 6. The molecule has 2 atom stereocenters. The van der Waals surface area contributed by atoms with E-state index >= 15 is 0 Å². The molecule has 0 aliphatic carbocycles.